The van der Waals surface area contributed by atoms with E-state index in [1.54, 1.807) is 7.11 Å². The first kappa shape index (κ1) is 13.9. The molecule has 1 rings (SSSR count). The van der Waals surface area contributed by atoms with Gasteiger partial charge in [0.15, 0.2) is 0 Å². The van der Waals surface area contributed by atoms with E-state index in [9.17, 15) is 0 Å². The monoisotopic (exact) mass is 238 g/mol. The van der Waals surface area contributed by atoms with Crippen molar-refractivity contribution in [2.24, 2.45) is 0 Å². The van der Waals surface area contributed by atoms with Gasteiger partial charge in [-0.25, -0.2) is 0 Å². The molecular weight excluding hydrogens is 216 g/mol. The standard InChI is InChI=1S/C13H22N2O2/c1-4-12-13(6-5-11(2)15-12)17-10-8-14-7-9-16-3/h5-6,14H,4,7-10H2,1-3H3. The fourth-order valence-electron chi connectivity index (χ4n) is 1.51. The zero-order chi connectivity index (χ0) is 12.5. The minimum Gasteiger partial charge on any atom is -0.490 e. The normalized spacial score (nSPS) is 10.5. The second kappa shape index (κ2) is 8.03. The minimum atomic E-state index is 0.654. The van der Waals surface area contributed by atoms with Gasteiger partial charge in [-0.15, -0.1) is 0 Å². The van der Waals surface area contributed by atoms with Crippen molar-refractivity contribution in [1.82, 2.24) is 10.3 Å². The highest BCUT2D eigenvalue weighted by molar-refractivity contribution is 5.29. The van der Waals surface area contributed by atoms with Gasteiger partial charge in [0.05, 0.1) is 12.3 Å². The summed E-state index contributed by atoms with van der Waals surface area (Å²) in [6.45, 7) is 7.14. The number of aromatic nitrogens is 1. The lowest BCUT2D eigenvalue weighted by Gasteiger charge is -2.10. The molecule has 1 N–H and O–H groups in total. The molecule has 1 aromatic rings. The zero-order valence-corrected chi connectivity index (χ0v) is 11.0. The van der Waals surface area contributed by atoms with Crippen molar-refractivity contribution >= 4 is 0 Å². The number of aryl methyl sites for hydroxylation is 2. The van der Waals surface area contributed by atoms with Gasteiger partial charge in [-0.3, -0.25) is 4.98 Å². The molecule has 0 saturated carbocycles. The van der Waals surface area contributed by atoms with Gasteiger partial charge in [-0.1, -0.05) is 6.92 Å². The predicted octanol–water partition coefficient (Wildman–Crippen LogP) is 1.57. The van der Waals surface area contributed by atoms with Crippen molar-refractivity contribution in [3.63, 3.8) is 0 Å². The van der Waals surface area contributed by atoms with Crippen molar-refractivity contribution in [1.29, 1.82) is 0 Å². The molecule has 0 aromatic carbocycles. The number of nitrogens with one attached hydrogen (secondary N) is 1. The molecule has 0 aliphatic rings. The highest BCUT2D eigenvalue weighted by atomic mass is 16.5. The average molecular weight is 238 g/mol. The van der Waals surface area contributed by atoms with Crippen LogP contribution in [0.15, 0.2) is 12.1 Å². The van der Waals surface area contributed by atoms with Crippen LogP contribution >= 0.6 is 0 Å². The van der Waals surface area contributed by atoms with E-state index in [0.717, 1.165) is 43.3 Å². The van der Waals surface area contributed by atoms with E-state index in [4.69, 9.17) is 9.47 Å². The molecule has 96 valence electrons. The Bertz CT molecular complexity index is 329. The van der Waals surface area contributed by atoms with E-state index < -0.39 is 0 Å². The van der Waals surface area contributed by atoms with Crippen LogP contribution in [0.5, 0.6) is 5.75 Å². The van der Waals surface area contributed by atoms with E-state index in [-0.39, 0.29) is 0 Å². The van der Waals surface area contributed by atoms with E-state index in [2.05, 4.69) is 17.2 Å². The number of methoxy groups -OCH3 is 1. The van der Waals surface area contributed by atoms with Gasteiger partial charge in [-0.05, 0) is 25.5 Å². The Labute approximate surface area is 103 Å². The molecule has 0 aliphatic carbocycles. The number of hydrogen-bond donors (Lipinski definition) is 1. The maximum Gasteiger partial charge on any atom is 0.140 e. The van der Waals surface area contributed by atoms with Crippen LogP contribution in [0.4, 0.5) is 0 Å². The fraction of sp³-hybridized carbons (Fsp3) is 0.615. The van der Waals surface area contributed by atoms with Crippen LogP contribution in [-0.2, 0) is 11.2 Å². The Hall–Kier alpha value is -1.13. The van der Waals surface area contributed by atoms with Crippen molar-refractivity contribution in [2.75, 3.05) is 33.4 Å². The predicted molar refractivity (Wildman–Crippen MR) is 68.6 cm³/mol. The van der Waals surface area contributed by atoms with E-state index in [1.165, 1.54) is 0 Å². The first-order valence-corrected chi connectivity index (χ1v) is 6.07. The maximum atomic E-state index is 5.70. The molecule has 0 saturated heterocycles. The lowest BCUT2D eigenvalue weighted by atomic mass is 10.2. The first-order valence-electron chi connectivity index (χ1n) is 6.07. The number of rotatable bonds is 8. The molecule has 4 nitrogen and oxygen atoms in total. The Kier molecular flexibility index (Phi) is 6.58. The number of hydrogen-bond acceptors (Lipinski definition) is 4. The van der Waals surface area contributed by atoms with Gasteiger partial charge in [-0.2, -0.15) is 0 Å². The van der Waals surface area contributed by atoms with Gasteiger partial charge in [0, 0.05) is 25.9 Å². The van der Waals surface area contributed by atoms with Crippen LogP contribution < -0.4 is 10.1 Å². The highest BCUT2D eigenvalue weighted by Gasteiger charge is 2.03. The van der Waals surface area contributed by atoms with E-state index >= 15 is 0 Å². The van der Waals surface area contributed by atoms with Crippen molar-refractivity contribution in [2.45, 2.75) is 20.3 Å². The number of ether oxygens (including phenoxy) is 2. The summed E-state index contributed by atoms with van der Waals surface area (Å²) in [4.78, 5) is 4.45. The molecule has 0 amide bonds. The number of nitrogens with zero attached hydrogens (tertiary/aromatic N) is 1. The fourth-order valence-corrected chi connectivity index (χ4v) is 1.51. The lowest BCUT2D eigenvalue weighted by Crippen LogP contribution is -2.24. The van der Waals surface area contributed by atoms with Gasteiger partial charge in [0.1, 0.15) is 12.4 Å². The third kappa shape index (κ3) is 5.15. The summed E-state index contributed by atoms with van der Waals surface area (Å²) in [5.41, 5.74) is 2.06. The van der Waals surface area contributed by atoms with Crippen LogP contribution in [0.3, 0.4) is 0 Å². The summed E-state index contributed by atoms with van der Waals surface area (Å²) in [5, 5.41) is 3.24. The third-order valence-corrected chi connectivity index (χ3v) is 2.43. The van der Waals surface area contributed by atoms with Crippen molar-refractivity contribution in [3.8, 4) is 5.75 Å². The second-order valence-corrected chi connectivity index (χ2v) is 3.84. The Morgan fingerprint density at radius 2 is 2.00 bits per heavy atom. The van der Waals surface area contributed by atoms with Crippen LogP contribution in [0, 0.1) is 6.92 Å². The Balaban J connectivity index is 2.31. The molecular formula is C13H22N2O2. The SMILES string of the molecule is CCc1nc(C)ccc1OCCNCCOC. The first-order chi connectivity index (χ1) is 8.27. The molecule has 0 unspecified atom stereocenters. The molecule has 0 spiro atoms. The molecule has 17 heavy (non-hydrogen) atoms. The second-order valence-electron chi connectivity index (χ2n) is 3.84. The molecule has 4 heteroatoms. The largest absolute Gasteiger partial charge is 0.490 e. The van der Waals surface area contributed by atoms with E-state index in [1.807, 2.05) is 19.1 Å². The molecule has 0 radical (unpaired) electrons. The Morgan fingerprint density at radius 1 is 1.24 bits per heavy atom. The smallest absolute Gasteiger partial charge is 0.140 e. The molecule has 1 aromatic heterocycles. The summed E-state index contributed by atoms with van der Waals surface area (Å²) in [6.07, 6.45) is 0.897. The Morgan fingerprint density at radius 3 is 2.71 bits per heavy atom. The summed E-state index contributed by atoms with van der Waals surface area (Å²) in [7, 11) is 1.70. The lowest BCUT2D eigenvalue weighted by molar-refractivity contribution is 0.196. The van der Waals surface area contributed by atoms with E-state index in [0.29, 0.717) is 6.61 Å². The summed E-state index contributed by atoms with van der Waals surface area (Å²) in [5.74, 6) is 0.895. The molecule has 0 bridgehead atoms. The summed E-state index contributed by atoms with van der Waals surface area (Å²) < 4.78 is 10.6. The average Bonchev–Trinajstić information content (AvgIpc) is 2.35. The quantitative estimate of drug-likeness (QED) is 0.698. The summed E-state index contributed by atoms with van der Waals surface area (Å²) in [6, 6.07) is 3.98. The minimum absolute atomic E-state index is 0.654. The third-order valence-electron chi connectivity index (χ3n) is 2.43. The van der Waals surface area contributed by atoms with Crippen LogP contribution in [0.2, 0.25) is 0 Å². The van der Waals surface area contributed by atoms with Gasteiger partial charge in [0.25, 0.3) is 0 Å². The zero-order valence-electron chi connectivity index (χ0n) is 11.0. The van der Waals surface area contributed by atoms with Crippen LogP contribution in [-0.4, -0.2) is 38.4 Å². The maximum absolute atomic E-state index is 5.70. The summed E-state index contributed by atoms with van der Waals surface area (Å²) >= 11 is 0. The molecule has 0 fully saturated rings. The van der Waals surface area contributed by atoms with Gasteiger partial charge in [0.2, 0.25) is 0 Å². The molecule has 0 aliphatic heterocycles. The highest BCUT2D eigenvalue weighted by Crippen LogP contribution is 2.16. The van der Waals surface area contributed by atoms with Crippen LogP contribution in [0.25, 0.3) is 0 Å². The van der Waals surface area contributed by atoms with Crippen molar-refractivity contribution < 1.29 is 9.47 Å². The van der Waals surface area contributed by atoms with Crippen molar-refractivity contribution in [3.05, 3.63) is 23.5 Å². The number of pyridine rings is 1. The van der Waals surface area contributed by atoms with Gasteiger partial charge >= 0.3 is 0 Å². The molecule has 1 heterocycles. The van der Waals surface area contributed by atoms with Gasteiger partial charge < -0.3 is 14.8 Å². The molecule has 0 atom stereocenters. The topological polar surface area (TPSA) is 43.4 Å². The van der Waals surface area contributed by atoms with Crippen LogP contribution in [0.1, 0.15) is 18.3 Å².